The lowest BCUT2D eigenvalue weighted by Crippen LogP contribution is -2.33. The summed E-state index contributed by atoms with van der Waals surface area (Å²) in [5, 5.41) is 1.84. The minimum absolute atomic E-state index is 0.0155. The van der Waals surface area contributed by atoms with Gasteiger partial charge >= 0.3 is 0 Å². The molecule has 0 unspecified atom stereocenters. The van der Waals surface area contributed by atoms with Crippen LogP contribution in [0.25, 0.3) is 10.6 Å². The number of pyridine rings is 1. The van der Waals surface area contributed by atoms with Gasteiger partial charge in [-0.05, 0) is 26.0 Å². The van der Waals surface area contributed by atoms with E-state index in [0.717, 1.165) is 21.3 Å². The van der Waals surface area contributed by atoms with Crippen LogP contribution < -0.4 is 4.90 Å². The Morgan fingerprint density at radius 2 is 2.20 bits per heavy atom. The molecule has 106 valence electrons. The zero-order valence-electron chi connectivity index (χ0n) is 12.3. The Balaban J connectivity index is 2.38. The van der Waals surface area contributed by atoms with Crippen LogP contribution in [0.5, 0.6) is 0 Å². The maximum atomic E-state index is 12.3. The average molecular weight is 289 g/mol. The van der Waals surface area contributed by atoms with Crippen LogP contribution >= 0.6 is 11.3 Å². The molecule has 0 aliphatic rings. The second-order valence-corrected chi connectivity index (χ2v) is 5.87. The van der Waals surface area contributed by atoms with Crippen molar-refractivity contribution in [2.24, 2.45) is 5.92 Å². The molecule has 2 rings (SSSR count). The van der Waals surface area contributed by atoms with Crippen molar-refractivity contribution in [3.63, 3.8) is 0 Å². The third-order valence-corrected chi connectivity index (χ3v) is 4.23. The average Bonchev–Trinajstić information content (AvgIpc) is 2.83. The maximum Gasteiger partial charge on any atom is 0.230 e. The van der Waals surface area contributed by atoms with Gasteiger partial charge in [-0.15, -0.1) is 0 Å². The molecule has 0 spiro atoms. The zero-order valence-corrected chi connectivity index (χ0v) is 13.1. The number of carbonyl (C=O) groups excluding carboxylic acids is 1. The minimum atomic E-state index is -0.0155. The Morgan fingerprint density at radius 1 is 1.45 bits per heavy atom. The number of rotatable bonds is 4. The Morgan fingerprint density at radius 3 is 2.75 bits per heavy atom. The van der Waals surface area contributed by atoms with Crippen molar-refractivity contribution in [1.82, 2.24) is 9.97 Å². The van der Waals surface area contributed by atoms with Gasteiger partial charge in [0.05, 0.1) is 5.69 Å². The highest BCUT2D eigenvalue weighted by molar-refractivity contribution is 7.19. The summed E-state index contributed by atoms with van der Waals surface area (Å²) in [5.74, 6) is 0.121. The van der Waals surface area contributed by atoms with Crippen molar-refractivity contribution in [2.75, 3.05) is 11.4 Å². The molecular formula is C15H19N3OS. The lowest BCUT2D eigenvalue weighted by atomic mass is 10.2. The fraction of sp³-hybridized carbons (Fsp3) is 0.400. The van der Waals surface area contributed by atoms with Gasteiger partial charge < -0.3 is 4.90 Å². The smallest absolute Gasteiger partial charge is 0.230 e. The molecule has 0 aliphatic heterocycles. The summed E-state index contributed by atoms with van der Waals surface area (Å²) < 4.78 is 0. The van der Waals surface area contributed by atoms with E-state index < -0.39 is 0 Å². The highest BCUT2D eigenvalue weighted by Crippen LogP contribution is 2.34. The number of amides is 1. The van der Waals surface area contributed by atoms with Crippen molar-refractivity contribution in [2.45, 2.75) is 27.7 Å². The first-order valence-electron chi connectivity index (χ1n) is 6.73. The summed E-state index contributed by atoms with van der Waals surface area (Å²) >= 11 is 1.54. The first-order chi connectivity index (χ1) is 9.54. The summed E-state index contributed by atoms with van der Waals surface area (Å²) in [6.45, 7) is 8.43. The van der Waals surface area contributed by atoms with Gasteiger partial charge in [-0.1, -0.05) is 25.2 Å². The highest BCUT2D eigenvalue weighted by Gasteiger charge is 2.22. The molecule has 0 fully saturated rings. The molecule has 0 saturated heterocycles. The summed E-state index contributed by atoms with van der Waals surface area (Å²) in [4.78, 5) is 22.8. The van der Waals surface area contributed by atoms with Crippen molar-refractivity contribution >= 4 is 22.2 Å². The number of hydrogen-bond donors (Lipinski definition) is 0. The van der Waals surface area contributed by atoms with Gasteiger partial charge in [0, 0.05) is 30.4 Å². The van der Waals surface area contributed by atoms with E-state index in [4.69, 9.17) is 0 Å². The Hall–Kier alpha value is -1.75. The van der Waals surface area contributed by atoms with E-state index in [9.17, 15) is 4.79 Å². The summed E-state index contributed by atoms with van der Waals surface area (Å²) in [6, 6.07) is 3.87. The minimum Gasteiger partial charge on any atom is -0.302 e. The van der Waals surface area contributed by atoms with Gasteiger partial charge in [-0.3, -0.25) is 9.78 Å². The molecule has 0 radical (unpaired) electrons. The zero-order chi connectivity index (χ0) is 14.7. The van der Waals surface area contributed by atoms with Crippen molar-refractivity contribution < 1.29 is 4.79 Å². The molecule has 2 aromatic rings. The molecule has 4 nitrogen and oxygen atoms in total. The predicted octanol–water partition coefficient (Wildman–Crippen LogP) is 3.52. The van der Waals surface area contributed by atoms with Crippen LogP contribution in [-0.4, -0.2) is 22.4 Å². The van der Waals surface area contributed by atoms with Gasteiger partial charge in [0.1, 0.15) is 10.0 Å². The van der Waals surface area contributed by atoms with E-state index in [0.29, 0.717) is 6.54 Å². The molecule has 0 saturated carbocycles. The topological polar surface area (TPSA) is 46.1 Å². The van der Waals surface area contributed by atoms with Crippen LogP contribution in [0.1, 0.15) is 26.5 Å². The number of carbonyl (C=O) groups is 1. The van der Waals surface area contributed by atoms with Crippen LogP contribution in [0, 0.1) is 12.8 Å². The number of anilines is 1. The van der Waals surface area contributed by atoms with Crippen LogP contribution in [0.2, 0.25) is 0 Å². The van der Waals surface area contributed by atoms with Crippen molar-refractivity contribution in [3.05, 3.63) is 30.2 Å². The number of thiazole rings is 1. The fourth-order valence-corrected chi connectivity index (χ4v) is 3.09. The van der Waals surface area contributed by atoms with Crippen LogP contribution in [0.4, 0.5) is 5.00 Å². The Labute approximate surface area is 123 Å². The molecule has 0 N–H and O–H groups in total. The van der Waals surface area contributed by atoms with Gasteiger partial charge in [0.15, 0.2) is 0 Å². The van der Waals surface area contributed by atoms with Crippen molar-refractivity contribution in [3.8, 4) is 10.6 Å². The summed E-state index contributed by atoms with van der Waals surface area (Å²) in [6.07, 6.45) is 3.54. The maximum absolute atomic E-state index is 12.3. The first kappa shape index (κ1) is 14.7. The van der Waals surface area contributed by atoms with Crippen LogP contribution in [-0.2, 0) is 4.79 Å². The lowest BCUT2D eigenvalue weighted by molar-refractivity contribution is -0.121. The number of nitrogens with zero attached hydrogens (tertiary/aromatic N) is 3. The summed E-state index contributed by atoms with van der Waals surface area (Å²) in [5.41, 5.74) is 1.88. The van der Waals surface area contributed by atoms with Crippen LogP contribution in [0.3, 0.4) is 0 Å². The number of hydrogen-bond acceptors (Lipinski definition) is 4. The quantitative estimate of drug-likeness (QED) is 0.865. The predicted molar refractivity (Wildman–Crippen MR) is 82.9 cm³/mol. The number of aryl methyl sites for hydroxylation is 1. The van der Waals surface area contributed by atoms with Gasteiger partial charge in [0.2, 0.25) is 5.91 Å². The summed E-state index contributed by atoms with van der Waals surface area (Å²) in [7, 11) is 0. The third-order valence-electron chi connectivity index (χ3n) is 3.00. The van der Waals surface area contributed by atoms with E-state index in [1.807, 2.05) is 44.7 Å². The highest BCUT2D eigenvalue weighted by atomic mass is 32.1. The van der Waals surface area contributed by atoms with Gasteiger partial charge in [-0.25, -0.2) is 4.98 Å². The molecule has 1 amide bonds. The second-order valence-electron chi connectivity index (χ2n) is 4.89. The standard InChI is InChI=1S/C15H19N3OS/c1-5-18(14(19)10(2)3)15-11(4)17-13(20-15)12-7-6-8-16-9-12/h6-10H,5H2,1-4H3. The largest absolute Gasteiger partial charge is 0.302 e. The molecule has 2 heterocycles. The Kier molecular flexibility index (Phi) is 4.49. The molecule has 20 heavy (non-hydrogen) atoms. The van der Waals surface area contributed by atoms with Crippen molar-refractivity contribution in [1.29, 1.82) is 0 Å². The monoisotopic (exact) mass is 289 g/mol. The van der Waals surface area contributed by atoms with E-state index in [-0.39, 0.29) is 11.8 Å². The second kappa shape index (κ2) is 6.13. The van der Waals surface area contributed by atoms with Gasteiger partial charge in [0.25, 0.3) is 0 Å². The Bertz CT molecular complexity index is 592. The normalized spacial score (nSPS) is 10.8. The van der Waals surface area contributed by atoms with E-state index >= 15 is 0 Å². The number of aromatic nitrogens is 2. The van der Waals surface area contributed by atoms with E-state index in [2.05, 4.69) is 9.97 Å². The molecule has 0 bridgehead atoms. The first-order valence-corrected chi connectivity index (χ1v) is 7.55. The van der Waals surface area contributed by atoms with Gasteiger partial charge in [-0.2, -0.15) is 0 Å². The third kappa shape index (κ3) is 2.88. The van der Waals surface area contributed by atoms with Crippen LogP contribution in [0.15, 0.2) is 24.5 Å². The fourth-order valence-electron chi connectivity index (χ4n) is 1.96. The SMILES string of the molecule is CCN(C(=O)C(C)C)c1sc(-c2cccnc2)nc1C. The molecule has 5 heteroatoms. The lowest BCUT2D eigenvalue weighted by Gasteiger charge is -2.21. The molecule has 0 aliphatic carbocycles. The molecule has 0 aromatic carbocycles. The molecule has 0 atom stereocenters. The molecular weight excluding hydrogens is 270 g/mol. The van der Waals surface area contributed by atoms with E-state index in [1.165, 1.54) is 0 Å². The van der Waals surface area contributed by atoms with E-state index in [1.54, 1.807) is 23.7 Å². The molecule has 2 aromatic heterocycles.